The summed E-state index contributed by atoms with van der Waals surface area (Å²) in [6.45, 7) is 3.39. The van der Waals surface area contributed by atoms with Crippen molar-refractivity contribution in [1.82, 2.24) is 9.80 Å². The molecule has 17 heavy (non-hydrogen) atoms. The Bertz CT molecular complexity index is 224. The molecule has 0 aromatic heterocycles. The molecule has 2 aliphatic rings. The number of likely N-dealkylation sites (tertiary alicyclic amines) is 1. The maximum absolute atomic E-state index is 5.95. The fraction of sp³-hybridized carbons (Fsp3) is 1.00. The summed E-state index contributed by atoms with van der Waals surface area (Å²) < 4.78 is 0. The van der Waals surface area contributed by atoms with Crippen LogP contribution in [0.5, 0.6) is 0 Å². The van der Waals surface area contributed by atoms with Crippen LogP contribution in [0.1, 0.15) is 38.5 Å². The monoisotopic (exact) mass is 239 g/mol. The summed E-state index contributed by atoms with van der Waals surface area (Å²) in [5.41, 5.74) is 5.95. The second-order valence-electron chi connectivity index (χ2n) is 6.05. The van der Waals surface area contributed by atoms with Gasteiger partial charge in [0.15, 0.2) is 0 Å². The summed E-state index contributed by atoms with van der Waals surface area (Å²) in [7, 11) is 4.58. The van der Waals surface area contributed by atoms with Gasteiger partial charge in [-0.15, -0.1) is 0 Å². The van der Waals surface area contributed by atoms with Gasteiger partial charge in [0.2, 0.25) is 0 Å². The van der Waals surface area contributed by atoms with Gasteiger partial charge in [0.1, 0.15) is 0 Å². The minimum absolute atomic E-state index is 0.744. The van der Waals surface area contributed by atoms with Gasteiger partial charge in [0.25, 0.3) is 0 Å². The van der Waals surface area contributed by atoms with Crippen LogP contribution < -0.4 is 5.73 Å². The summed E-state index contributed by atoms with van der Waals surface area (Å²) in [6.07, 6.45) is 8.17. The minimum atomic E-state index is 0.744. The van der Waals surface area contributed by atoms with Crippen LogP contribution in [0.25, 0.3) is 0 Å². The van der Waals surface area contributed by atoms with E-state index in [1.54, 1.807) is 0 Å². The highest BCUT2D eigenvalue weighted by Crippen LogP contribution is 2.30. The molecule has 0 aromatic rings. The van der Waals surface area contributed by atoms with E-state index in [1.165, 1.54) is 51.6 Å². The van der Waals surface area contributed by atoms with Crippen molar-refractivity contribution in [1.29, 1.82) is 0 Å². The van der Waals surface area contributed by atoms with Gasteiger partial charge in [-0.3, -0.25) is 0 Å². The Morgan fingerprint density at radius 2 is 1.76 bits per heavy atom. The lowest BCUT2D eigenvalue weighted by molar-refractivity contribution is 0.0592. The Labute approximate surface area is 106 Å². The van der Waals surface area contributed by atoms with E-state index in [2.05, 4.69) is 23.9 Å². The van der Waals surface area contributed by atoms with Gasteiger partial charge in [-0.2, -0.15) is 0 Å². The Balaban J connectivity index is 1.90. The van der Waals surface area contributed by atoms with Gasteiger partial charge in [-0.25, -0.2) is 0 Å². The standard InChI is InChI=1S/C14H29N3/c1-16-9-7-13(8-10-16)17(2)14-6-4-3-5-12(14)11-15/h12-14H,3-11,15H2,1-2H3. The molecule has 1 aliphatic carbocycles. The van der Waals surface area contributed by atoms with Crippen molar-refractivity contribution in [2.75, 3.05) is 33.7 Å². The molecule has 3 heteroatoms. The third-order valence-electron chi connectivity index (χ3n) is 4.96. The Morgan fingerprint density at radius 3 is 2.41 bits per heavy atom. The molecule has 2 rings (SSSR count). The van der Waals surface area contributed by atoms with E-state index in [1.807, 2.05) is 0 Å². The van der Waals surface area contributed by atoms with Crippen LogP contribution >= 0.6 is 0 Å². The Kier molecular flexibility index (Phi) is 4.83. The first-order valence-corrected chi connectivity index (χ1v) is 7.33. The zero-order valence-corrected chi connectivity index (χ0v) is 11.6. The predicted molar refractivity (Wildman–Crippen MR) is 73.1 cm³/mol. The molecule has 0 bridgehead atoms. The topological polar surface area (TPSA) is 32.5 Å². The third-order valence-corrected chi connectivity index (χ3v) is 4.96. The number of nitrogens with two attached hydrogens (primary N) is 1. The van der Waals surface area contributed by atoms with Crippen molar-refractivity contribution < 1.29 is 0 Å². The zero-order chi connectivity index (χ0) is 12.3. The van der Waals surface area contributed by atoms with Crippen molar-refractivity contribution in [2.24, 2.45) is 11.7 Å². The molecule has 0 amide bonds. The molecule has 1 saturated carbocycles. The van der Waals surface area contributed by atoms with Crippen LogP contribution in [-0.4, -0.2) is 55.6 Å². The van der Waals surface area contributed by atoms with Crippen LogP contribution in [-0.2, 0) is 0 Å². The van der Waals surface area contributed by atoms with Gasteiger partial charge in [0.05, 0.1) is 0 Å². The number of hydrogen-bond acceptors (Lipinski definition) is 3. The second-order valence-corrected chi connectivity index (χ2v) is 6.05. The smallest absolute Gasteiger partial charge is 0.0135 e. The van der Waals surface area contributed by atoms with Crippen LogP contribution in [0.2, 0.25) is 0 Å². The number of nitrogens with zero attached hydrogens (tertiary/aromatic N) is 2. The molecular weight excluding hydrogens is 210 g/mol. The van der Waals surface area contributed by atoms with Crippen LogP contribution in [0.15, 0.2) is 0 Å². The number of piperidine rings is 1. The normalized spacial score (nSPS) is 33.2. The van der Waals surface area contributed by atoms with Crippen molar-refractivity contribution >= 4 is 0 Å². The lowest BCUT2D eigenvalue weighted by atomic mass is 9.82. The van der Waals surface area contributed by atoms with E-state index in [-0.39, 0.29) is 0 Å². The van der Waals surface area contributed by atoms with E-state index in [9.17, 15) is 0 Å². The fourth-order valence-corrected chi connectivity index (χ4v) is 3.67. The highest BCUT2D eigenvalue weighted by Gasteiger charge is 2.31. The molecule has 2 atom stereocenters. The fourth-order valence-electron chi connectivity index (χ4n) is 3.67. The first kappa shape index (κ1) is 13.3. The molecule has 1 aliphatic heterocycles. The average molecular weight is 239 g/mol. The van der Waals surface area contributed by atoms with Crippen molar-refractivity contribution in [3.63, 3.8) is 0 Å². The van der Waals surface area contributed by atoms with E-state index < -0.39 is 0 Å². The third kappa shape index (κ3) is 3.21. The largest absolute Gasteiger partial charge is 0.330 e. The maximum Gasteiger partial charge on any atom is 0.0135 e. The minimum Gasteiger partial charge on any atom is -0.330 e. The van der Waals surface area contributed by atoms with Crippen molar-refractivity contribution in [3.8, 4) is 0 Å². The van der Waals surface area contributed by atoms with E-state index in [0.29, 0.717) is 0 Å². The second kappa shape index (κ2) is 6.17. The molecule has 100 valence electrons. The average Bonchev–Trinajstić information content (AvgIpc) is 2.39. The van der Waals surface area contributed by atoms with E-state index >= 15 is 0 Å². The van der Waals surface area contributed by atoms with Gasteiger partial charge < -0.3 is 15.5 Å². The summed E-state index contributed by atoms with van der Waals surface area (Å²) in [5.74, 6) is 0.744. The maximum atomic E-state index is 5.95. The van der Waals surface area contributed by atoms with E-state index in [0.717, 1.165) is 24.5 Å². The molecular formula is C14H29N3. The first-order chi connectivity index (χ1) is 8.22. The summed E-state index contributed by atoms with van der Waals surface area (Å²) in [5, 5.41) is 0. The molecule has 0 radical (unpaired) electrons. The van der Waals surface area contributed by atoms with Crippen molar-refractivity contribution in [2.45, 2.75) is 50.6 Å². The lowest BCUT2D eigenvalue weighted by Gasteiger charge is -2.44. The molecule has 2 N–H and O–H groups in total. The van der Waals surface area contributed by atoms with Crippen molar-refractivity contribution in [3.05, 3.63) is 0 Å². The van der Waals surface area contributed by atoms with E-state index in [4.69, 9.17) is 5.73 Å². The quantitative estimate of drug-likeness (QED) is 0.811. The van der Waals surface area contributed by atoms with Gasteiger partial charge in [-0.1, -0.05) is 12.8 Å². The van der Waals surface area contributed by atoms with Crippen LogP contribution in [0, 0.1) is 5.92 Å². The Morgan fingerprint density at radius 1 is 1.12 bits per heavy atom. The number of hydrogen-bond donors (Lipinski definition) is 1. The zero-order valence-electron chi connectivity index (χ0n) is 11.6. The van der Waals surface area contributed by atoms with Gasteiger partial charge in [0, 0.05) is 12.1 Å². The summed E-state index contributed by atoms with van der Waals surface area (Å²) in [4.78, 5) is 5.12. The van der Waals surface area contributed by atoms with Gasteiger partial charge >= 0.3 is 0 Å². The highest BCUT2D eigenvalue weighted by molar-refractivity contribution is 4.87. The predicted octanol–water partition coefficient (Wildman–Crippen LogP) is 1.53. The molecule has 0 spiro atoms. The molecule has 0 aromatic carbocycles. The molecule has 1 saturated heterocycles. The lowest BCUT2D eigenvalue weighted by Crippen LogP contribution is -2.50. The Hall–Kier alpha value is -0.120. The molecule has 1 heterocycles. The van der Waals surface area contributed by atoms with Gasteiger partial charge in [-0.05, 0) is 65.3 Å². The summed E-state index contributed by atoms with van der Waals surface area (Å²) >= 11 is 0. The highest BCUT2D eigenvalue weighted by atomic mass is 15.2. The number of rotatable bonds is 3. The molecule has 2 unspecified atom stereocenters. The van der Waals surface area contributed by atoms with Crippen LogP contribution in [0.3, 0.4) is 0 Å². The molecule has 2 fully saturated rings. The summed E-state index contributed by atoms with van der Waals surface area (Å²) in [6, 6.07) is 1.55. The molecule has 3 nitrogen and oxygen atoms in total. The van der Waals surface area contributed by atoms with Crippen LogP contribution in [0.4, 0.5) is 0 Å². The SMILES string of the molecule is CN1CCC(N(C)C2CCCCC2CN)CC1. The first-order valence-electron chi connectivity index (χ1n) is 7.33.